The van der Waals surface area contributed by atoms with E-state index in [1.54, 1.807) is 11.3 Å². The average Bonchev–Trinajstić information content (AvgIpc) is 2.86. The van der Waals surface area contributed by atoms with Gasteiger partial charge in [0.2, 0.25) is 0 Å². The summed E-state index contributed by atoms with van der Waals surface area (Å²) in [6.07, 6.45) is 0. The second-order valence-corrected chi connectivity index (χ2v) is 3.69. The summed E-state index contributed by atoms with van der Waals surface area (Å²) in [5, 5.41) is 1.98. The van der Waals surface area contributed by atoms with Gasteiger partial charge in [0.25, 0.3) is 0 Å². The fourth-order valence-electron chi connectivity index (χ4n) is 1.40. The van der Waals surface area contributed by atoms with E-state index in [0.717, 1.165) is 22.6 Å². The van der Waals surface area contributed by atoms with Crippen molar-refractivity contribution < 1.29 is 17.4 Å². The van der Waals surface area contributed by atoms with Crippen LogP contribution in [0.2, 0.25) is 0 Å². The number of hydrogen-bond donors (Lipinski definition) is 1. The van der Waals surface area contributed by atoms with Crippen LogP contribution < -0.4 is 0 Å². The van der Waals surface area contributed by atoms with E-state index in [1.165, 1.54) is 0 Å². The standard InChI is InChI=1S/C10H7N3S.Cr/c1-2-4-8-7(3-1)12-10(13-8)9-5-14-6-11-9;/h1-6H,(H,12,13);. The molecule has 2 heterocycles. The summed E-state index contributed by atoms with van der Waals surface area (Å²) < 4.78 is 0. The monoisotopic (exact) mass is 253 g/mol. The zero-order chi connectivity index (χ0) is 9.38. The minimum Gasteiger partial charge on any atom is -0.337 e. The largest absolute Gasteiger partial charge is 0.337 e. The molecule has 1 N–H and O–H groups in total. The van der Waals surface area contributed by atoms with Crippen molar-refractivity contribution in [3.63, 3.8) is 0 Å². The molecule has 3 rings (SSSR count). The maximum atomic E-state index is 4.44. The number of aromatic nitrogens is 3. The molecule has 1 aromatic carbocycles. The number of H-pyrrole nitrogens is 1. The molecular weight excluding hydrogens is 246 g/mol. The molecule has 0 aliphatic rings. The number of imidazole rings is 1. The Labute approximate surface area is 101 Å². The van der Waals surface area contributed by atoms with E-state index < -0.39 is 0 Å². The Balaban J connectivity index is 0.000000853. The van der Waals surface area contributed by atoms with Gasteiger partial charge >= 0.3 is 0 Å². The zero-order valence-electron chi connectivity index (χ0n) is 7.68. The van der Waals surface area contributed by atoms with Crippen molar-refractivity contribution >= 4 is 22.4 Å². The molecule has 0 aliphatic heterocycles. The predicted molar refractivity (Wildman–Crippen MR) is 57.2 cm³/mol. The van der Waals surface area contributed by atoms with Crippen LogP contribution in [-0.2, 0) is 17.4 Å². The molecule has 0 fully saturated rings. The van der Waals surface area contributed by atoms with E-state index in [9.17, 15) is 0 Å². The van der Waals surface area contributed by atoms with Crippen molar-refractivity contribution in [2.75, 3.05) is 0 Å². The molecule has 2 aromatic heterocycles. The normalized spacial score (nSPS) is 10.1. The number of aromatic amines is 1. The van der Waals surface area contributed by atoms with Crippen LogP contribution in [0.3, 0.4) is 0 Å². The van der Waals surface area contributed by atoms with Crippen LogP contribution in [0.25, 0.3) is 22.6 Å². The third-order valence-corrected chi connectivity index (χ3v) is 2.65. The topological polar surface area (TPSA) is 41.6 Å². The molecule has 0 saturated heterocycles. The fourth-order valence-corrected chi connectivity index (χ4v) is 1.94. The number of fused-ring (bicyclic) bond motifs is 1. The van der Waals surface area contributed by atoms with Gasteiger partial charge in [0.15, 0.2) is 5.82 Å². The first kappa shape index (κ1) is 10.4. The van der Waals surface area contributed by atoms with Gasteiger partial charge < -0.3 is 4.98 Å². The summed E-state index contributed by atoms with van der Waals surface area (Å²) in [6, 6.07) is 7.97. The Hall–Kier alpha value is -1.15. The Morgan fingerprint density at radius 3 is 2.80 bits per heavy atom. The van der Waals surface area contributed by atoms with Gasteiger partial charge in [0.1, 0.15) is 5.69 Å². The van der Waals surface area contributed by atoms with Crippen LogP contribution in [0.15, 0.2) is 35.2 Å². The molecule has 0 atom stereocenters. The van der Waals surface area contributed by atoms with Crippen molar-refractivity contribution in [1.82, 2.24) is 15.0 Å². The van der Waals surface area contributed by atoms with Crippen LogP contribution >= 0.6 is 11.3 Å². The molecule has 0 bridgehead atoms. The van der Waals surface area contributed by atoms with Crippen LogP contribution in [-0.4, -0.2) is 15.0 Å². The van der Waals surface area contributed by atoms with E-state index in [2.05, 4.69) is 15.0 Å². The fraction of sp³-hybridized carbons (Fsp3) is 0. The molecule has 0 unspecified atom stereocenters. The maximum absolute atomic E-state index is 4.44. The molecule has 0 saturated carbocycles. The van der Waals surface area contributed by atoms with E-state index in [0.29, 0.717) is 0 Å². The molecule has 0 amide bonds. The summed E-state index contributed by atoms with van der Waals surface area (Å²) in [7, 11) is 0. The van der Waals surface area contributed by atoms with Crippen molar-refractivity contribution in [3.8, 4) is 11.5 Å². The van der Waals surface area contributed by atoms with E-state index in [1.807, 2.05) is 35.2 Å². The number of thiazole rings is 1. The van der Waals surface area contributed by atoms with Gasteiger partial charge in [-0.3, -0.25) is 0 Å². The van der Waals surface area contributed by atoms with Gasteiger partial charge in [-0.2, -0.15) is 0 Å². The smallest absolute Gasteiger partial charge is 0.158 e. The van der Waals surface area contributed by atoms with E-state index >= 15 is 0 Å². The summed E-state index contributed by atoms with van der Waals surface area (Å²) in [4.78, 5) is 11.9. The first-order valence-electron chi connectivity index (χ1n) is 4.27. The van der Waals surface area contributed by atoms with Crippen LogP contribution in [0, 0.1) is 0 Å². The van der Waals surface area contributed by atoms with Gasteiger partial charge in [-0.05, 0) is 12.1 Å². The second kappa shape index (κ2) is 4.15. The quantitative estimate of drug-likeness (QED) is 0.724. The van der Waals surface area contributed by atoms with Gasteiger partial charge in [0.05, 0.1) is 16.5 Å². The number of benzene rings is 1. The summed E-state index contributed by atoms with van der Waals surface area (Å²) in [5.41, 5.74) is 4.75. The third-order valence-electron chi connectivity index (χ3n) is 2.06. The molecule has 5 heteroatoms. The van der Waals surface area contributed by atoms with Crippen molar-refractivity contribution in [1.29, 1.82) is 0 Å². The minimum absolute atomic E-state index is 0. The average molecular weight is 253 g/mol. The van der Waals surface area contributed by atoms with Gasteiger partial charge in [0, 0.05) is 22.7 Å². The van der Waals surface area contributed by atoms with Gasteiger partial charge in [-0.25, -0.2) is 9.97 Å². The minimum atomic E-state index is 0. The van der Waals surface area contributed by atoms with Crippen molar-refractivity contribution in [2.45, 2.75) is 0 Å². The van der Waals surface area contributed by atoms with Crippen molar-refractivity contribution in [2.24, 2.45) is 0 Å². The first-order chi connectivity index (χ1) is 6.93. The molecule has 0 aliphatic carbocycles. The SMILES string of the molecule is [Cr].c1ccc2[nH]c(-c3cscn3)nc2c1. The molecule has 15 heavy (non-hydrogen) atoms. The molecule has 3 nitrogen and oxygen atoms in total. The number of para-hydroxylation sites is 2. The summed E-state index contributed by atoms with van der Waals surface area (Å²) in [6.45, 7) is 0. The first-order valence-corrected chi connectivity index (χ1v) is 5.21. The number of nitrogens with zero attached hydrogens (tertiary/aromatic N) is 2. The molecule has 74 valence electrons. The van der Waals surface area contributed by atoms with Crippen molar-refractivity contribution in [3.05, 3.63) is 35.2 Å². The number of nitrogens with one attached hydrogen (secondary N) is 1. The van der Waals surface area contributed by atoms with E-state index in [4.69, 9.17) is 0 Å². The van der Waals surface area contributed by atoms with Crippen LogP contribution in [0.1, 0.15) is 0 Å². The van der Waals surface area contributed by atoms with Crippen LogP contribution in [0.4, 0.5) is 0 Å². The Morgan fingerprint density at radius 1 is 1.20 bits per heavy atom. The van der Waals surface area contributed by atoms with E-state index in [-0.39, 0.29) is 17.4 Å². The molecule has 0 radical (unpaired) electrons. The predicted octanol–water partition coefficient (Wildman–Crippen LogP) is 2.68. The number of hydrogen-bond acceptors (Lipinski definition) is 3. The zero-order valence-corrected chi connectivity index (χ0v) is 9.77. The molecule has 3 aromatic rings. The third kappa shape index (κ3) is 1.82. The van der Waals surface area contributed by atoms with Gasteiger partial charge in [-0.15, -0.1) is 11.3 Å². The Morgan fingerprint density at radius 2 is 2.07 bits per heavy atom. The van der Waals surface area contributed by atoms with Gasteiger partial charge in [-0.1, -0.05) is 12.1 Å². The summed E-state index contributed by atoms with van der Waals surface area (Å²) in [5.74, 6) is 0.840. The Bertz CT molecular complexity index is 526. The maximum Gasteiger partial charge on any atom is 0.158 e. The Kier molecular flexibility index (Phi) is 2.87. The van der Waals surface area contributed by atoms with Crippen LogP contribution in [0.5, 0.6) is 0 Å². The molecular formula is C10H7CrN3S. The molecule has 0 spiro atoms. The number of rotatable bonds is 1. The summed E-state index contributed by atoms with van der Waals surface area (Å²) >= 11 is 1.57. The second-order valence-electron chi connectivity index (χ2n) is 2.98.